The molecular weight excluding hydrogens is 424 g/mol. The molecule has 0 amide bonds. The molecular formula is C27H29F2NO3. The normalized spacial score (nSPS) is 12.5. The Morgan fingerprint density at radius 1 is 1.03 bits per heavy atom. The van der Waals surface area contributed by atoms with Crippen molar-refractivity contribution < 1.29 is 23.4 Å². The molecule has 0 aliphatic rings. The molecule has 3 aromatic carbocycles. The summed E-state index contributed by atoms with van der Waals surface area (Å²) in [5.74, 6) is -3.53. The van der Waals surface area contributed by atoms with Gasteiger partial charge in [-0.15, -0.1) is 0 Å². The van der Waals surface area contributed by atoms with Crippen molar-refractivity contribution >= 4 is 5.97 Å². The molecule has 0 aromatic heterocycles. The zero-order valence-corrected chi connectivity index (χ0v) is 19.1. The van der Waals surface area contributed by atoms with Gasteiger partial charge in [-0.25, -0.2) is 0 Å². The van der Waals surface area contributed by atoms with Gasteiger partial charge in [0, 0.05) is 24.1 Å². The number of carbonyl (C=O) groups is 1. The molecule has 3 rings (SSSR count). The Balaban J connectivity index is 1.77. The summed E-state index contributed by atoms with van der Waals surface area (Å²) in [6, 6.07) is 20.4. The van der Waals surface area contributed by atoms with Gasteiger partial charge in [-0.05, 0) is 56.3 Å². The van der Waals surface area contributed by atoms with Crippen LogP contribution in [0.25, 0.3) is 0 Å². The van der Waals surface area contributed by atoms with E-state index in [0.29, 0.717) is 24.3 Å². The van der Waals surface area contributed by atoms with Gasteiger partial charge in [-0.3, -0.25) is 9.69 Å². The average molecular weight is 454 g/mol. The summed E-state index contributed by atoms with van der Waals surface area (Å²) in [5.41, 5.74) is 2.32. The molecule has 0 radical (unpaired) electrons. The third-order valence-electron chi connectivity index (χ3n) is 5.56. The first kappa shape index (κ1) is 24.4. The molecule has 4 nitrogen and oxygen atoms in total. The van der Waals surface area contributed by atoms with E-state index in [1.165, 1.54) is 18.2 Å². The van der Waals surface area contributed by atoms with Crippen molar-refractivity contribution in [1.29, 1.82) is 0 Å². The van der Waals surface area contributed by atoms with Crippen LogP contribution in [0.15, 0.2) is 72.8 Å². The predicted molar refractivity (Wildman–Crippen MR) is 125 cm³/mol. The molecule has 0 spiro atoms. The van der Waals surface area contributed by atoms with Crippen molar-refractivity contribution in [2.75, 3.05) is 20.1 Å². The molecule has 1 N–H and O–H groups in total. The van der Waals surface area contributed by atoms with Gasteiger partial charge in [0.25, 0.3) is 5.92 Å². The van der Waals surface area contributed by atoms with E-state index in [-0.39, 0.29) is 23.8 Å². The first-order valence-electron chi connectivity index (χ1n) is 10.8. The molecule has 6 heteroatoms. The standard InChI is InChI=1S/C27H29F2NO3/c1-19-9-14-24(20(2)17-19)27(28,29)22-10-12-23(13-11-22)33-25(21-7-5-4-6-8-21)15-16-30(3)18-26(31)32/h4-14,17,25H,15-16,18H2,1-3H3,(H,31,32). The van der Waals surface area contributed by atoms with E-state index in [2.05, 4.69) is 0 Å². The number of carboxylic acids is 1. The van der Waals surface area contributed by atoms with E-state index in [0.717, 1.165) is 11.1 Å². The van der Waals surface area contributed by atoms with Gasteiger partial charge in [0.15, 0.2) is 0 Å². The van der Waals surface area contributed by atoms with E-state index >= 15 is 8.78 Å². The number of ether oxygens (including phenoxy) is 1. The molecule has 33 heavy (non-hydrogen) atoms. The number of aryl methyl sites for hydroxylation is 2. The van der Waals surface area contributed by atoms with Crippen molar-refractivity contribution in [3.05, 3.63) is 101 Å². The summed E-state index contributed by atoms with van der Waals surface area (Å²) in [6.45, 7) is 4.02. The van der Waals surface area contributed by atoms with Crippen LogP contribution in [0.1, 0.15) is 40.3 Å². The third kappa shape index (κ3) is 6.39. The molecule has 1 atom stereocenters. The molecule has 0 heterocycles. The minimum absolute atomic E-state index is 0.00889. The van der Waals surface area contributed by atoms with Crippen LogP contribution in [0.5, 0.6) is 5.75 Å². The Bertz CT molecular complexity index is 1070. The van der Waals surface area contributed by atoms with Gasteiger partial charge < -0.3 is 9.84 Å². The first-order valence-corrected chi connectivity index (χ1v) is 10.8. The monoisotopic (exact) mass is 453 g/mol. The Hall–Kier alpha value is -3.25. The Labute approximate surface area is 193 Å². The minimum Gasteiger partial charge on any atom is -0.486 e. The highest BCUT2D eigenvalue weighted by Gasteiger charge is 2.35. The van der Waals surface area contributed by atoms with Crippen LogP contribution in [-0.4, -0.2) is 36.1 Å². The number of carboxylic acid groups (broad SMARTS) is 1. The maximum atomic E-state index is 15.2. The fourth-order valence-electron chi connectivity index (χ4n) is 3.84. The number of likely N-dealkylation sites (N-methyl/N-ethyl adjacent to an activating group) is 1. The number of halogens is 2. The lowest BCUT2D eigenvalue weighted by Gasteiger charge is -2.23. The first-order chi connectivity index (χ1) is 15.7. The SMILES string of the molecule is Cc1ccc(C(F)(F)c2ccc(OC(CCN(C)CC(=O)O)c3ccccc3)cc2)c(C)c1. The molecule has 0 aliphatic carbocycles. The molecule has 0 aliphatic heterocycles. The Morgan fingerprint density at radius 2 is 1.70 bits per heavy atom. The molecule has 0 saturated carbocycles. The second kappa shape index (κ2) is 10.6. The minimum atomic E-state index is -3.12. The van der Waals surface area contributed by atoms with Crippen LogP contribution in [0.3, 0.4) is 0 Å². The summed E-state index contributed by atoms with van der Waals surface area (Å²) in [7, 11) is 1.74. The van der Waals surface area contributed by atoms with Crippen molar-refractivity contribution in [2.24, 2.45) is 0 Å². The zero-order valence-electron chi connectivity index (χ0n) is 19.1. The Kier molecular flexibility index (Phi) is 7.82. The van der Waals surface area contributed by atoms with Crippen molar-refractivity contribution in [3.8, 4) is 5.75 Å². The highest BCUT2D eigenvalue weighted by Crippen LogP contribution is 2.38. The highest BCUT2D eigenvalue weighted by molar-refractivity contribution is 5.69. The van der Waals surface area contributed by atoms with Crippen LogP contribution in [0.2, 0.25) is 0 Å². The lowest BCUT2D eigenvalue weighted by Crippen LogP contribution is -2.28. The lowest BCUT2D eigenvalue weighted by molar-refractivity contribution is -0.138. The van der Waals surface area contributed by atoms with Gasteiger partial charge in [0.1, 0.15) is 11.9 Å². The van der Waals surface area contributed by atoms with Crippen LogP contribution in [0.4, 0.5) is 8.78 Å². The highest BCUT2D eigenvalue weighted by atomic mass is 19.3. The molecule has 1 unspecified atom stereocenters. The molecule has 174 valence electrons. The summed E-state index contributed by atoms with van der Waals surface area (Å²) in [4.78, 5) is 12.6. The van der Waals surface area contributed by atoms with Crippen molar-refractivity contribution in [2.45, 2.75) is 32.3 Å². The van der Waals surface area contributed by atoms with E-state index in [1.54, 1.807) is 43.1 Å². The van der Waals surface area contributed by atoms with Gasteiger partial charge in [-0.1, -0.05) is 54.1 Å². The summed E-state index contributed by atoms with van der Waals surface area (Å²) >= 11 is 0. The third-order valence-corrected chi connectivity index (χ3v) is 5.56. The van der Waals surface area contributed by atoms with E-state index in [4.69, 9.17) is 9.84 Å². The lowest BCUT2D eigenvalue weighted by atomic mass is 9.95. The summed E-state index contributed by atoms with van der Waals surface area (Å²) in [6.07, 6.45) is 0.210. The summed E-state index contributed by atoms with van der Waals surface area (Å²) < 4.78 is 36.5. The van der Waals surface area contributed by atoms with Crippen LogP contribution in [0, 0.1) is 13.8 Å². The topological polar surface area (TPSA) is 49.8 Å². The quantitative estimate of drug-likeness (QED) is 0.411. The zero-order chi connectivity index (χ0) is 24.0. The van der Waals surface area contributed by atoms with E-state index in [1.807, 2.05) is 37.3 Å². The van der Waals surface area contributed by atoms with Gasteiger partial charge in [-0.2, -0.15) is 8.78 Å². The van der Waals surface area contributed by atoms with Gasteiger partial charge in [0.05, 0.1) is 6.54 Å². The second-order valence-corrected chi connectivity index (χ2v) is 8.35. The largest absolute Gasteiger partial charge is 0.486 e. The number of alkyl halides is 2. The fourth-order valence-corrected chi connectivity index (χ4v) is 3.84. The van der Waals surface area contributed by atoms with Gasteiger partial charge >= 0.3 is 5.97 Å². The van der Waals surface area contributed by atoms with Crippen molar-refractivity contribution in [1.82, 2.24) is 4.90 Å². The summed E-state index contributed by atoms with van der Waals surface area (Å²) in [5, 5.41) is 8.97. The van der Waals surface area contributed by atoms with Crippen LogP contribution >= 0.6 is 0 Å². The average Bonchev–Trinajstić information content (AvgIpc) is 2.77. The number of nitrogens with zero attached hydrogens (tertiary/aromatic N) is 1. The second-order valence-electron chi connectivity index (χ2n) is 8.35. The van der Waals surface area contributed by atoms with E-state index < -0.39 is 11.9 Å². The number of rotatable bonds is 10. The molecule has 0 bridgehead atoms. The Morgan fingerprint density at radius 3 is 2.30 bits per heavy atom. The van der Waals surface area contributed by atoms with Gasteiger partial charge in [0.2, 0.25) is 0 Å². The maximum absolute atomic E-state index is 15.2. The molecule has 0 fully saturated rings. The van der Waals surface area contributed by atoms with Crippen LogP contribution < -0.4 is 4.74 Å². The van der Waals surface area contributed by atoms with Crippen LogP contribution in [-0.2, 0) is 10.7 Å². The smallest absolute Gasteiger partial charge is 0.317 e. The molecule has 0 saturated heterocycles. The predicted octanol–water partition coefficient (Wildman–Crippen LogP) is 5.97. The van der Waals surface area contributed by atoms with Crippen molar-refractivity contribution in [3.63, 3.8) is 0 Å². The number of benzene rings is 3. The number of aliphatic carboxylic acids is 1. The van der Waals surface area contributed by atoms with E-state index in [9.17, 15) is 4.79 Å². The number of hydrogen-bond donors (Lipinski definition) is 1. The fraction of sp³-hybridized carbons (Fsp3) is 0.296. The maximum Gasteiger partial charge on any atom is 0.317 e. The molecule has 3 aromatic rings. The number of hydrogen-bond acceptors (Lipinski definition) is 3.